The minimum atomic E-state index is -3.84. The number of anilines is 3. The van der Waals surface area contributed by atoms with Crippen LogP contribution in [0.15, 0.2) is 47.4 Å². The summed E-state index contributed by atoms with van der Waals surface area (Å²) in [7, 11) is -2.05. The van der Waals surface area contributed by atoms with Gasteiger partial charge in [0.15, 0.2) is 0 Å². The Hall–Kier alpha value is -2.05. The van der Waals surface area contributed by atoms with E-state index in [1.165, 1.54) is 6.07 Å². The molecule has 0 aliphatic carbocycles. The molecule has 0 amide bonds. The largest absolute Gasteiger partial charge is 0.399 e. The van der Waals surface area contributed by atoms with E-state index in [4.69, 9.17) is 10.9 Å². The summed E-state index contributed by atoms with van der Waals surface area (Å²) >= 11 is 0. The third-order valence-electron chi connectivity index (χ3n) is 3.13. The first-order valence-corrected chi connectivity index (χ1v) is 7.57. The maximum absolute atomic E-state index is 11.7. The average molecular weight is 291 g/mol. The molecule has 0 spiro atoms. The number of sulfonamides is 1. The Labute approximate surface area is 118 Å². The molecule has 0 aliphatic rings. The predicted octanol–water partition coefficient (Wildman–Crippen LogP) is 1.99. The van der Waals surface area contributed by atoms with Crippen LogP contribution in [0.5, 0.6) is 0 Å². The highest BCUT2D eigenvalue weighted by atomic mass is 32.2. The Morgan fingerprint density at radius 1 is 1.05 bits per heavy atom. The molecule has 0 saturated carbocycles. The maximum atomic E-state index is 11.7. The van der Waals surface area contributed by atoms with Crippen molar-refractivity contribution in [3.63, 3.8) is 0 Å². The minimum Gasteiger partial charge on any atom is -0.399 e. The van der Waals surface area contributed by atoms with E-state index >= 15 is 0 Å². The Bertz CT molecular complexity index is 742. The monoisotopic (exact) mass is 291 g/mol. The van der Waals surface area contributed by atoms with E-state index in [0.717, 1.165) is 11.3 Å². The van der Waals surface area contributed by atoms with E-state index in [1.54, 1.807) is 24.1 Å². The van der Waals surface area contributed by atoms with Gasteiger partial charge >= 0.3 is 0 Å². The molecule has 106 valence electrons. The van der Waals surface area contributed by atoms with Gasteiger partial charge in [0.2, 0.25) is 10.0 Å². The number of primary sulfonamides is 1. The Balaban J connectivity index is 2.62. The molecule has 20 heavy (non-hydrogen) atoms. The quantitative estimate of drug-likeness (QED) is 0.846. The van der Waals surface area contributed by atoms with Crippen molar-refractivity contribution in [2.24, 2.45) is 5.14 Å². The number of aryl methyl sites for hydroxylation is 1. The van der Waals surface area contributed by atoms with Gasteiger partial charge in [-0.1, -0.05) is 18.2 Å². The van der Waals surface area contributed by atoms with Crippen molar-refractivity contribution in [2.75, 3.05) is 17.7 Å². The number of hydrogen-bond acceptors (Lipinski definition) is 4. The number of nitrogen functional groups attached to an aromatic ring is 1. The highest BCUT2D eigenvalue weighted by Gasteiger charge is 2.18. The molecule has 2 rings (SSSR count). The van der Waals surface area contributed by atoms with Gasteiger partial charge in [-0.2, -0.15) is 0 Å². The van der Waals surface area contributed by atoms with Crippen molar-refractivity contribution in [3.05, 3.63) is 48.0 Å². The summed E-state index contributed by atoms with van der Waals surface area (Å²) in [6.45, 7) is 1.96. The highest BCUT2D eigenvalue weighted by molar-refractivity contribution is 7.89. The topological polar surface area (TPSA) is 89.4 Å². The molecule has 2 aromatic rings. The summed E-state index contributed by atoms with van der Waals surface area (Å²) in [5, 5.41) is 5.27. The minimum absolute atomic E-state index is 0.0169. The fourth-order valence-corrected chi connectivity index (χ4v) is 2.90. The van der Waals surface area contributed by atoms with Crippen LogP contribution >= 0.6 is 0 Å². The van der Waals surface area contributed by atoms with Crippen molar-refractivity contribution in [2.45, 2.75) is 11.8 Å². The lowest BCUT2D eigenvalue weighted by molar-refractivity contribution is 0.598. The first-order chi connectivity index (χ1) is 9.30. The van der Waals surface area contributed by atoms with Crippen LogP contribution in [0.3, 0.4) is 0 Å². The van der Waals surface area contributed by atoms with Crippen LogP contribution in [0.1, 0.15) is 5.56 Å². The van der Waals surface area contributed by atoms with Crippen molar-refractivity contribution in [1.82, 2.24) is 0 Å². The van der Waals surface area contributed by atoms with Crippen molar-refractivity contribution < 1.29 is 8.42 Å². The summed E-state index contributed by atoms with van der Waals surface area (Å²) in [5.74, 6) is 0. The molecule has 0 aliphatic heterocycles. The lowest BCUT2D eigenvalue weighted by Crippen LogP contribution is -2.19. The first-order valence-electron chi connectivity index (χ1n) is 6.02. The van der Waals surface area contributed by atoms with E-state index in [1.807, 2.05) is 31.2 Å². The van der Waals surface area contributed by atoms with Crippen LogP contribution in [0.2, 0.25) is 0 Å². The lowest BCUT2D eigenvalue weighted by atomic mass is 10.1. The zero-order valence-corrected chi connectivity index (χ0v) is 12.2. The van der Waals surface area contributed by atoms with Crippen LogP contribution in [-0.4, -0.2) is 15.5 Å². The first kappa shape index (κ1) is 14.4. The summed E-state index contributed by atoms with van der Waals surface area (Å²) in [6.07, 6.45) is 0. The molecule has 6 heteroatoms. The number of para-hydroxylation sites is 1. The molecule has 0 heterocycles. The zero-order chi connectivity index (χ0) is 14.9. The maximum Gasteiger partial charge on any atom is 0.240 e. The number of benzene rings is 2. The Morgan fingerprint density at radius 2 is 1.70 bits per heavy atom. The van der Waals surface area contributed by atoms with Gasteiger partial charge in [-0.15, -0.1) is 0 Å². The number of hydrogen-bond donors (Lipinski definition) is 2. The number of nitrogens with two attached hydrogens (primary N) is 2. The standard InChI is InChI=1S/C14H17N3O2S/c1-10-5-3-4-6-12(10)17(2)13-8-7-11(15)9-14(13)20(16,18)19/h3-9H,15H2,1-2H3,(H2,16,18,19). The van der Waals surface area contributed by atoms with Gasteiger partial charge in [0.25, 0.3) is 0 Å². The van der Waals surface area contributed by atoms with Gasteiger partial charge in [-0.05, 0) is 36.8 Å². The van der Waals surface area contributed by atoms with Crippen molar-refractivity contribution in [1.29, 1.82) is 0 Å². The summed E-state index contributed by atoms with van der Waals surface area (Å²) < 4.78 is 23.4. The summed E-state index contributed by atoms with van der Waals surface area (Å²) in [5.41, 5.74) is 8.45. The molecule has 0 bridgehead atoms. The average Bonchev–Trinajstić information content (AvgIpc) is 2.37. The van der Waals surface area contributed by atoms with Crippen molar-refractivity contribution in [3.8, 4) is 0 Å². The molecule has 0 radical (unpaired) electrons. The van der Waals surface area contributed by atoms with E-state index in [9.17, 15) is 8.42 Å². The SMILES string of the molecule is Cc1ccccc1N(C)c1ccc(N)cc1S(N)(=O)=O. The molecular formula is C14H17N3O2S. The Kier molecular flexibility index (Phi) is 3.69. The number of nitrogens with zero attached hydrogens (tertiary/aromatic N) is 1. The van der Waals surface area contributed by atoms with Crippen LogP contribution in [-0.2, 0) is 10.0 Å². The second-order valence-corrected chi connectivity index (χ2v) is 6.15. The Morgan fingerprint density at radius 3 is 2.30 bits per heavy atom. The summed E-state index contributed by atoms with van der Waals surface area (Å²) in [4.78, 5) is 1.80. The normalized spacial score (nSPS) is 11.3. The van der Waals surface area contributed by atoms with Crippen molar-refractivity contribution >= 4 is 27.1 Å². The molecule has 4 N–H and O–H groups in total. The van der Waals surface area contributed by atoms with E-state index < -0.39 is 10.0 Å². The molecular weight excluding hydrogens is 274 g/mol. The van der Waals surface area contributed by atoms with Crippen LogP contribution < -0.4 is 15.8 Å². The third-order valence-corrected chi connectivity index (χ3v) is 4.07. The smallest absolute Gasteiger partial charge is 0.240 e. The van der Waals surface area contributed by atoms with Gasteiger partial charge in [-0.3, -0.25) is 0 Å². The second-order valence-electron chi connectivity index (χ2n) is 4.62. The molecule has 5 nitrogen and oxygen atoms in total. The highest BCUT2D eigenvalue weighted by Crippen LogP contribution is 2.32. The fraction of sp³-hybridized carbons (Fsp3) is 0.143. The van der Waals surface area contributed by atoms with Gasteiger partial charge in [0, 0.05) is 18.4 Å². The van der Waals surface area contributed by atoms with E-state index in [-0.39, 0.29) is 4.90 Å². The van der Waals surface area contributed by atoms with Gasteiger partial charge in [0.1, 0.15) is 4.90 Å². The molecule has 2 aromatic carbocycles. The van der Waals surface area contributed by atoms with E-state index in [2.05, 4.69) is 0 Å². The zero-order valence-electron chi connectivity index (χ0n) is 11.4. The lowest BCUT2D eigenvalue weighted by Gasteiger charge is -2.23. The second kappa shape index (κ2) is 5.15. The predicted molar refractivity (Wildman–Crippen MR) is 81.5 cm³/mol. The molecule has 0 saturated heterocycles. The molecule has 0 aromatic heterocycles. The third kappa shape index (κ3) is 2.76. The van der Waals surface area contributed by atoms with Gasteiger partial charge in [0.05, 0.1) is 5.69 Å². The fourth-order valence-electron chi connectivity index (χ4n) is 2.11. The van der Waals surface area contributed by atoms with Crippen LogP contribution in [0.25, 0.3) is 0 Å². The van der Waals surface area contributed by atoms with Gasteiger partial charge in [-0.25, -0.2) is 13.6 Å². The molecule has 0 fully saturated rings. The van der Waals surface area contributed by atoms with Gasteiger partial charge < -0.3 is 10.6 Å². The van der Waals surface area contributed by atoms with E-state index in [0.29, 0.717) is 11.4 Å². The summed E-state index contributed by atoms with van der Waals surface area (Å²) in [6, 6.07) is 12.4. The van der Waals surface area contributed by atoms with Crippen LogP contribution in [0.4, 0.5) is 17.1 Å². The number of rotatable bonds is 3. The molecule has 0 unspecified atom stereocenters. The molecule has 0 atom stereocenters. The van der Waals surface area contributed by atoms with Crippen LogP contribution in [0, 0.1) is 6.92 Å².